The number of ether oxygens (including phenoxy) is 1. The van der Waals surface area contributed by atoms with E-state index in [2.05, 4.69) is 0 Å². The lowest BCUT2D eigenvalue weighted by Crippen LogP contribution is -2.64. The molecular formula is C11H17F3INO6S. The summed E-state index contributed by atoms with van der Waals surface area (Å²) in [5.74, 6) is -2.17. The van der Waals surface area contributed by atoms with Crippen molar-refractivity contribution < 1.29 is 42.2 Å². The lowest BCUT2D eigenvalue weighted by Gasteiger charge is -2.43. The number of aliphatic hydroxyl groups is 3. The van der Waals surface area contributed by atoms with Crippen molar-refractivity contribution in [2.75, 3.05) is 6.61 Å². The lowest BCUT2D eigenvalue weighted by molar-refractivity contribution is -0.234. The number of carbonyl (C=O) groups excluding carboxylic acids is 1. The fraction of sp³-hybridized carbons (Fsp3) is 0.909. The van der Waals surface area contributed by atoms with Crippen molar-refractivity contribution in [1.82, 2.24) is 5.32 Å². The van der Waals surface area contributed by atoms with Gasteiger partial charge in [-0.15, -0.1) is 0 Å². The van der Waals surface area contributed by atoms with Crippen LogP contribution in [-0.2, 0) is 13.7 Å². The summed E-state index contributed by atoms with van der Waals surface area (Å²) >= 11 is 1.81. The highest BCUT2D eigenvalue weighted by Crippen LogP contribution is 2.27. The van der Waals surface area contributed by atoms with Gasteiger partial charge >= 0.3 is 12.1 Å². The third-order valence-electron chi connectivity index (χ3n) is 3.44. The number of nitrogens with one attached hydrogen (secondary N) is 1. The molecule has 0 aliphatic carbocycles. The number of aliphatic hydroxyl groups excluding tert-OH is 3. The van der Waals surface area contributed by atoms with Gasteiger partial charge in [0.05, 0.1) is 21.9 Å². The molecule has 1 fully saturated rings. The molecule has 4 N–H and O–H groups in total. The predicted octanol–water partition coefficient (Wildman–Crippen LogP) is 0.308. The average molecular weight is 475 g/mol. The molecule has 1 saturated heterocycles. The van der Waals surface area contributed by atoms with Crippen molar-refractivity contribution >= 4 is 36.3 Å². The minimum Gasteiger partial charge on any atom is -0.388 e. The molecule has 136 valence electrons. The van der Waals surface area contributed by atoms with Gasteiger partial charge in [-0.3, -0.25) is 4.79 Å². The van der Waals surface area contributed by atoms with E-state index in [4.69, 9.17) is 8.92 Å². The summed E-state index contributed by atoms with van der Waals surface area (Å²) in [6.45, 7) is 1.33. The summed E-state index contributed by atoms with van der Waals surface area (Å²) in [6.07, 6.45) is -12.2. The van der Waals surface area contributed by atoms with E-state index in [-0.39, 0.29) is 13.0 Å². The molecule has 0 saturated carbocycles. The summed E-state index contributed by atoms with van der Waals surface area (Å²) < 4.78 is 47.4. The second kappa shape index (κ2) is 9.01. The molecule has 6 atom stereocenters. The van der Waals surface area contributed by atoms with E-state index in [1.54, 1.807) is 5.32 Å². The number of alkyl halides is 3. The predicted molar refractivity (Wildman–Crippen MR) is 82.5 cm³/mol. The first-order chi connectivity index (χ1) is 10.6. The molecule has 0 aromatic rings. The number of halogens is 4. The standard InChI is InChI=1S/C11H17F3INO6S/c1-2-4(16-10(20)11(12,13)14)9-8(19)7(18)6(17)5(22-9)3-21-23-15/h4-9,17-19H,2-3H2,1H3,(H,16,20). The van der Waals surface area contributed by atoms with Crippen LogP contribution in [0.3, 0.4) is 0 Å². The van der Waals surface area contributed by atoms with Crippen LogP contribution < -0.4 is 5.32 Å². The zero-order valence-electron chi connectivity index (χ0n) is 11.9. The Hall–Kier alpha value is 0.140. The second-order valence-electron chi connectivity index (χ2n) is 4.94. The van der Waals surface area contributed by atoms with Gasteiger partial charge in [0.25, 0.3) is 0 Å². The van der Waals surface area contributed by atoms with Crippen molar-refractivity contribution in [3.05, 3.63) is 0 Å². The maximum absolute atomic E-state index is 12.4. The van der Waals surface area contributed by atoms with Gasteiger partial charge in [-0.05, 0) is 6.42 Å². The molecular weight excluding hydrogens is 458 g/mol. The first-order valence-corrected chi connectivity index (χ1v) is 9.89. The first-order valence-electron chi connectivity index (χ1n) is 6.61. The van der Waals surface area contributed by atoms with Gasteiger partial charge in [0.2, 0.25) is 0 Å². The maximum atomic E-state index is 12.4. The lowest BCUT2D eigenvalue weighted by atomic mass is 9.90. The van der Waals surface area contributed by atoms with Gasteiger partial charge in [-0.25, -0.2) is 0 Å². The van der Waals surface area contributed by atoms with Crippen LogP contribution in [0, 0.1) is 0 Å². The highest BCUT2D eigenvalue weighted by molar-refractivity contribution is 14.2. The Morgan fingerprint density at radius 1 is 1.35 bits per heavy atom. The SMILES string of the molecule is CCC(NC(=O)C(F)(F)F)C1OC(COSI)C(O)C(O)C1O. The fourth-order valence-electron chi connectivity index (χ4n) is 2.21. The Morgan fingerprint density at radius 2 is 1.96 bits per heavy atom. The third kappa shape index (κ3) is 5.57. The largest absolute Gasteiger partial charge is 0.471 e. The molecule has 23 heavy (non-hydrogen) atoms. The molecule has 1 rings (SSSR count). The van der Waals surface area contributed by atoms with E-state index in [0.717, 1.165) is 9.21 Å². The average Bonchev–Trinajstić information content (AvgIpc) is 2.49. The number of carbonyl (C=O) groups is 1. The highest BCUT2D eigenvalue weighted by atomic mass is 127. The van der Waals surface area contributed by atoms with Crippen LogP contribution in [0.2, 0.25) is 0 Å². The molecule has 1 amide bonds. The van der Waals surface area contributed by atoms with Crippen molar-refractivity contribution in [1.29, 1.82) is 0 Å². The quantitative estimate of drug-likeness (QED) is 0.324. The van der Waals surface area contributed by atoms with Crippen molar-refractivity contribution in [3.8, 4) is 0 Å². The van der Waals surface area contributed by atoms with E-state index in [1.165, 1.54) is 6.92 Å². The Morgan fingerprint density at radius 3 is 2.43 bits per heavy atom. The molecule has 0 spiro atoms. The number of hydrogen-bond acceptors (Lipinski definition) is 7. The van der Waals surface area contributed by atoms with Crippen LogP contribution in [0.25, 0.3) is 0 Å². The van der Waals surface area contributed by atoms with E-state index in [9.17, 15) is 33.3 Å². The van der Waals surface area contributed by atoms with Crippen LogP contribution in [0.1, 0.15) is 13.3 Å². The Labute approximate surface area is 146 Å². The Balaban J connectivity index is 2.86. The molecule has 0 bridgehead atoms. The molecule has 1 aliphatic heterocycles. The zero-order chi connectivity index (χ0) is 17.8. The van der Waals surface area contributed by atoms with Crippen LogP contribution in [0.4, 0.5) is 13.2 Å². The molecule has 0 aromatic heterocycles. The van der Waals surface area contributed by atoms with Crippen LogP contribution in [0.15, 0.2) is 0 Å². The Kier molecular flexibility index (Phi) is 8.30. The fourth-order valence-corrected chi connectivity index (χ4v) is 2.84. The molecule has 0 radical (unpaired) electrons. The molecule has 12 heteroatoms. The van der Waals surface area contributed by atoms with Gasteiger partial charge < -0.3 is 29.6 Å². The van der Waals surface area contributed by atoms with E-state index >= 15 is 0 Å². The van der Waals surface area contributed by atoms with E-state index < -0.39 is 48.6 Å². The monoisotopic (exact) mass is 475 g/mol. The zero-order valence-corrected chi connectivity index (χ0v) is 14.8. The summed E-state index contributed by atoms with van der Waals surface area (Å²) in [7, 11) is 0.945. The number of hydrogen-bond donors (Lipinski definition) is 4. The second-order valence-corrected chi connectivity index (χ2v) is 6.38. The molecule has 1 aliphatic rings. The van der Waals surface area contributed by atoms with Crippen LogP contribution >= 0.6 is 30.4 Å². The van der Waals surface area contributed by atoms with Gasteiger partial charge in [0, 0.05) is 21.2 Å². The minimum absolute atomic E-state index is 0.0149. The number of rotatable bonds is 6. The number of amides is 1. The van der Waals surface area contributed by atoms with Gasteiger partial charge in [0.1, 0.15) is 30.5 Å². The maximum Gasteiger partial charge on any atom is 0.471 e. The summed E-state index contributed by atoms with van der Waals surface area (Å²) in [5.41, 5.74) is 0. The molecule has 1 heterocycles. The minimum atomic E-state index is -5.08. The first kappa shape index (κ1) is 21.2. The summed E-state index contributed by atoms with van der Waals surface area (Å²) in [5, 5.41) is 31.4. The topological polar surface area (TPSA) is 108 Å². The Bertz CT molecular complexity index is 404. The van der Waals surface area contributed by atoms with Crippen LogP contribution in [0.5, 0.6) is 0 Å². The summed E-state index contributed by atoms with van der Waals surface area (Å²) in [4.78, 5) is 11.1. The summed E-state index contributed by atoms with van der Waals surface area (Å²) in [6, 6.07) is -1.20. The molecule has 7 nitrogen and oxygen atoms in total. The van der Waals surface area contributed by atoms with Crippen molar-refractivity contribution in [2.45, 2.75) is 56.1 Å². The van der Waals surface area contributed by atoms with Crippen molar-refractivity contribution in [2.24, 2.45) is 0 Å². The van der Waals surface area contributed by atoms with Gasteiger partial charge in [0.15, 0.2) is 0 Å². The van der Waals surface area contributed by atoms with Gasteiger partial charge in [-0.2, -0.15) is 13.2 Å². The van der Waals surface area contributed by atoms with Crippen molar-refractivity contribution in [3.63, 3.8) is 0 Å². The van der Waals surface area contributed by atoms with E-state index in [1.807, 2.05) is 21.2 Å². The van der Waals surface area contributed by atoms with Crippen LogP contribution in [-0.4, -0.2) is 70.6 Å². The molecule has 6 unspecified atom stereocenters. The van der Waals surface area contributed by atoms with E-state index in [0.29, 0.717) is 0 Å². The third-order valence-corrected chi connectivity index (χ3v) is 4.42. The highest BCUT2D eigenvalue weighted by Gasteiger charge is 2.48. The normalized spacial score (nSPS) is 33.3. The molecule has 0 aromatic carbocycles. The smallest absolute Gasteiger partial charge is 0.388 e. The van der Waals surface area contributed by atoms with Gasteiger partial charge in [-0.1, -0.05) is 6.92 Å².